The second-order valence-corrected chi connectivity index (χ2v) is 5.44. The number of hydrogen-bond acceptors (Lipinski definition) is 2. The summed E-state index contributed by atoms with van der Waals surface area (Å²) in [6.07, 6.45) is 0.224. The maximum atomic E-state index is 5.34. The molecule has 0 radical (unpaired) electrons. The molecule has 0 aliphatic carbocycles. The van der Waals surface area contributed by atoms with Crippen molar-refractivity contribution in [3.05, 3.63) is 35.4 Å². The Hall–Kier alpha value is -0.860. The molecule has 0 heterocycles. The number of ether oxygens (including phenoxy) is 1. The Morgan fingerprint density at radius 3 is 1.83 bits per heavy atom. The molecule has 102 valence electrons. The van der Waals surface area contributed by atoms with Crippen LogP contribution in [0.15, 0.2) is 24.3 Å². The zero-order chi connectivity index (χ0) is 13.7. The van der Waals surface area contributed by atoms with Gasteiger partial charge in [0, 0.05) is 19.2 Å². The van der Waals surface area contributed by atoms with Gasteiger partial charge in [-0.2, -0.15) is 0 Å². The first-order valence-electron chi connectivity index (χ1n) is 6.84. The Bertz CT molecular complexity index is 345. The van der Waals surface area contributed by atoms with E-state index in [0.29, 0.717) is 18.0 Å². The lowest BCUT2D eigenvalue weighted by Gasteiger charge is -2.24. The van der Waals surface area contributed by atoms with Crippen molar-refractivity contribution < 1.29 is 4.74 Å². The van der Waals surface area contributed by atoms with Crippen LogP contribution in [0.1, 0.15) is 57.7 Å². The molecule has 0 aromatic heterocycles. The van der Waals surface area contributed by atoms with Crippen molar-refractivity contribution in [1.82, 2.24) is 5.32 Å². The third-order valence-corrected chi connectivity index (χ3v) is 3.69. The van der Waals surface area contributed by atoms with Crippen molar-refractivity contribution in [3.8, 4) is 0 Å². The fraction of sp³-hybridized carbons (Fsp3) is 0.625. The summed E-state index contributed by atoms with van der Waals surface area (Å²) in [7, 11) is 1.75. The fourth-order valence-corrected chi connectivity index (χ4v) is 2.00. The summed E-state index contributed by atoms with van der Waals surface area (Å²) in [5.74, 6) is 0.592. The van der Waals surface area contributed by atoms with Crippen LogP contribution in [0.25, 0.3) is 0 Å². The summed E-state index contributed by atoms with van der Waals surface area (Å²) in [4.78, 5) is 0. The third-order valence-electron chi connectivity index (χ3n) is 3.69. The van der Waals surface area contributed by atoms with E-state index in [0.717, 1.165) is 0 Å². The first kappa shape index (κ1) is 15.2. The van der Waals surface area contributed by atoms with E-state index in [9.17, 15) is 0 Å². The number of hydrogen-bond donors (Lipinski definition) is 1. The van der Waals surface area contributed by atoms with Crippen LogP contribution in [0.3, 0.4) is 0 Å². The van der Waals surface area contributed by atoms with Crippen LogP contribution in [0.4, 0.5) is 0 Å². The molecule has 3 unspecified atom stereocenters. The molecule has 2 heteroatoms. The minimum atomic E-state index is 0.224. The Balaban J connectivity index is 2.64. The molecule has 0 saturated heterocycles. The number of benzene rings is 1. The minimum Gasteiger partial charge on any atom is -0.380 e. The normalized spacial score (nSPS) is 16.6. The van der Waals surface area contributed by atoms with E-state index in [-0.39, 0.29) is 6.10 Å². The molecule has 0 spiro atoms. The number of methoxy groups -OCH3 is 1. The largest absolute Gasteiger partial charge is 0.380 e. The third kappa shape index (κ3) is 4.11. The second-order valence-electron chi connectivity index (χ2n) is 5.44. The van der Waals surface area contributed by atoms with Crippen LogP contribution >= 0.6 is 0 Å². The van der Waals surface area contributed by atoms with Gasteiger partial charge in [0.2, 0.25) is 0 Å². The predicted octanol–water partition coefficient (Wildman–Crippen LogP) is 3.88. The standard InChI is InChI=1S/C16H27NO/c1-11(2)15-7-9-16(10-8-15)13(4)17-12(3)14(5)18-6/h7-14,17H,1-6H3. The first-order chi connectivity index (χ1) is 8.45. The van der Waals surface area contributed by atoms with E-state index in [1.807, 2.05) is 0 Å². The molecule has 18 heavy (non-hydrogen) atoms. The van der Waals surface area contributed by atoms with Crippen LogP contribution in [-0.4, -0.2) is 19.3 Å². The summed E-state index contributed by atoms with van der Waals surface area (Å²) in [6, 6.07) is 9.58. The van der Waals surface area contributed by atoms with Gasteiger partial charge >= 0.3 is 0 Å². The van der Waals surface area contributed by atoms with Gasteiger partial charge in [-0.1, -0.05) is 38.1 Å². The van der Waals surface area contributed by atoms with Crippen molar-refractivity contribution in [2.75, 3.05) is 7.11 Å². The molecule has 2 nitrogen and oxygen atoms in total. The SMILES string of the molecule is COC(C)C(C)NC(C)c1ccc(C(C)C)cc1. The Morgan fingerprint density at radius 1 is 0.889 bits per heavy atom. The van der Waals surface area contributed by atoms with Gasteiger partial charge in [0.25, 0.3) is 0 Å². The van der Waals surface area contributed by atoms with Crippen LogP contribution in [0.5, 0.6) is 0 Å². The maximum absolute atomic E-state index is 5.34. The van der Waals surface area contributed by atoms with Crippen molar-refractivity contribution >= 4 is 0 Å². The summed E-state index contributed by atoms with van der Waals surface area (Å²) in [6.45, 7) is 10.9. The quantitative estimate of drug-likeness (QED) is 0.826. The van der Waals surface area contributed by atoms with Gasteiger partial charge in [-0.15, -0.1) is 0 Å². The zero-order valence-corrected chi connectivity index (χ0v) is 12.5. The van der Waals surface area contributed by atoms with Crippen molar-refractivity contribution in [2.45, 2.75) is 58.7 Å². The Labute approximate surface area is 112 Å². The van der Waals surface area contributed by atoms with Crippen LogP contribution < -0.4 is 5.32 Å². The van der Waals surface area contributed by atoms with E-state index in [1.54, 1.807) is 7.11 Å². The highest BCUT2D eigenvalue weighted by molar-refractivity contribution is 5.26. The molecule has 0 amide bonds. The van der Waals surface area contributed by atoms with Crippen molar-refractivity contribution in [3.63, 3.8) is 0 Å². The molecule has 0 bridgehead atoms. The minimum absolute atomic E-state index is 0.224. The molecule has 0 aliphatic heterocycles. The average molecular weight is 249 g/mol. The summed E-state index contributed by atoms with van der Waals surface area (Å²) >= 11 is 0. The van der Waals surface area contributed by atoms with E-state index in [2.05, 4.69) is 64.2 Å². The maximum Gasteiger partial charge on any atom is 0.0693 e. The van der Waals surface area contributed by atoms with Gasteiger partial charge in [0.1, 0.15) is 0 Å². The molecule has 1 aromatic carbocycles. The number of nitrogens with one attached hydrogen (secondary N) is 1. The van der Waals surface area contributed by atoms with Crippen LogP contribution in [0.2, 0.25) is 0 Å². The molecular formula is C16H27NO. The molecular weight excluding hydrogens is 222 g/mol. The van der Waals surface area contributed by atoms with Gasteiger partial charge < -0.3 is 10.1 Å². The molecule has 1 aromatic rings. The molecule has 1 rings (SSSR count). The highest BCUT2D eigenvalue weighted by Crippen LogP contribution is 2.19. The fourth-order valence-electron chi connectivity index (χ4n) is 2.00. The zero-order valence-electron chi connectivity index (χ0n) is 12.5. The monoisotopic (exact) mass is 249 g/mol. The Kier molecular flexibility index (Phi) is 5.83. The molecule has 1 N–H and O–H groups in total. The van der Waals surface area contributed by atoms with Gasteiger partial charge in [-0.25, -0.2) is 0 Å². The topological polar surface area (TPSA) is 21.3 Å². The summed E-state index contributed by atoms with van der Waals surface area (Å²) in [5, 5.41) is 3.57. The van der Waals surface area contributed by atoms with Gasteiger partial charge in [-0.05, 0) is 37.8 Å². The van der Waals surface area contributed by atoms with Crippen LogP contribution in [0, 0.1) is 0 Å². The molecule has 0 saturated carbocycles. The molecule has 3 atom stereocenters. The summed E-state index contributed by atoms with van der Waals surface area (Å²) in [5.41, 5.74) is 2.72. The smallest absolute Gasteiger partial charge is 0.0693 e. The lowest BCUT2D eigenvalue weighted by molar-refractivity contribution is 0.0852. The van der Waals surface area contributed by atoms with E-state index in [1.165, 1.54) is 11.1 Å². The first-order valence-corrected chi connectivity index (χ1v) is 6.84. The van der Waals surface area contributed by atoms with E-state index >= 15 is 0 Å². The average Bonchev–Trinajstić information content (AvgIpc) is 2.37. The van der Waals surface area contributed by atoms with E-state index in [4.69, 9.17) is 4.74 Å². The van der Waals surface area contributed by atoms with Crippen molar-refractivity contribution in [2.24, 2.45) is 0 Å². The lowest BCUT2D eigenvalue weighted by atomic mass is 9.99. The molecule has 0 fully saturated rings. The summed E-state index contributed by atoms with van der Waals surface area (Å²) < 4.78 is 5.34. The highest BCUT2D eigenvalue weighted by Gasteiger charge is 2.14. The highest BCUT2D eigenvalue weighted by atomic mass is 16.5. The number of rotatable bonds is 6. The lowest BCUT2D eigenvalue weighted by Crippen LogP contribution is -2.38. The van der Waals surface area contributed by atoms with Crippen molar-refractivity contribution in [1.29, 1.82) is 0 Å². The second kappa shape index (κ2) is 6.91. The molecule has 0 aliphatic rings. The predicted molar refractivity (Wildman–Crippen MR) is 78.0 cm³/mol. The van der Waals surface area contributed by atoms with Gasteiger partial charge in [-0.3, -0.25) is 0 Å². The van der Waals surface area contributed by atoms with E-state index < -0.39 is 0 Å². The van der Waals surface area contributed by atoms with Gasteiger partial charge in [0.15, 0.2) is 0 Å². The van der Waals surface area contributed by atoms with Gasteiger partial charge in [0.05, 0.1) is 6.10 Å². The van der Waals surface area contributed by atoms with Crippen LogP contribution in [-0.2, 0) is 4.74 Å². The Morgan fingerprint density at radius 2 is 1.39 bits per heavy atom.